The van der Waals surface area contributed by atoms with Crippen molar-refractivity contribution in [1.29, 1.82) is 0 Å². The third kappa shape index (κ3) is 5.25. The molecule has 1 saturated carbocycles. The van der Waals surface area contributed by atoms with Crippen molar-refractivity contribution in [2.75, 3.05) is 36.1 Å². The Labute approximate surface area is 205 Å². The first kappa shape index (κ1) is 23.2. The summed E-state index contributed by atoms with van der Waals surface area (Å²) in [6.45, 7) is 3.07. The van der Waals surface area contributed by atoms with Crippen molar-refractivity contribution in [2.24, 2.45) is 0 Å². The van der Waals surface area contributed by atoms with E-state index in [9.17, 15) is 9.59 Å². The number of ether oxygens (including phenoxy) is 1. The fourth-order valence-corrected chi connectivity index (χ4v) is 4.95. The smallest absolute Gasteiger partial charge is 0.294 e. The molecule has 7 nitrogen and oxygen atoms in total. The highest BCUT2D eigenvalue weighted by atomic mass is 16.5. The highest BCUT2D eigenvalue weighted by Gasteiger charge is 2.35. The molecule has 1 aliphatic heterocycles. The maximum Gasteiger partial charge on any atom is 0.294 e. The zero-order chi connectivity index (χ0) is 24.0. The van der Waals surface area contributed by atoms with Crippen LogP contribution in [-0.2, 0) is 9.53 Å². The number of rotatable bonds is 7. The van der Waals surface area contributed by atoms with Gasteiger partial charge >= 0.3 is 0 Å². The molecule has 2 amide bonds. The molecule has 3 aromatic rings. The summed E-state index contributed by atoms with van der Waals surface area (Å²) in [7, 11) is 0. The van der Waals surface area contributed by atoms with Crippen LogP contribution in [0.1, 0.15) is 47.8 Å². The molecule has 0 bridgehead atoms. The van der Waals surface area contributed by atoms with E-state index in [4.69, 9.17) is 9.15 Å². The molecular formula is C28H31N3O4. The predicted octanol–water partition coefficient (Wildman–Crippen LogP) is 4.56. The molecule has 182 valence electrons. The molecule has 2 heterocycles. The quantitative estimate of drug-likeness (QED) is 0.544. The minimum absolute atomic E-state index is 0.133. The number of para-hydroxylation sites is 1. The monoisotopic (exact) mass is 473 g/mol. The van der Waals surface area contributed by atoms with Gasteiger partial charge < -0.3 is 19.4 Å². The van der Waals surface area contributed by atoms with Crippen molar-refractivity contribution in [3.05, 3.63) is 84.3 Å². The zero-order valence-corrected chi connectivity index (χ0v) is 19.8. The van der Waals surface area contributed by atoms with Crippen LogP contribution in [0.2, 0.25) is 0 Å². The number of amides is 2. The van der Waals surface area contributed by atoms with E-state index in [0.29, 0.717) is 18.9 Å². The number of hydrogen-bond acceptors (Lipinski definition) is 5. The number of carbonyl (C=O) groups is 2. The Balaban J connectivity index is 1.53. The molecule has 1 N–H and O–H groups in total. The average Bonchev–Trinajstić information content (AvgIpc) is 3.63. The number of nitrogens with zero attached hydrogens (tertiary/aromatic N) is 2. The van der Waals surface area contributed by atoms with Crippen LogP contribution < -0.4 is 15.1 Å². The van der Waals surface area contributed by atoms with Gasteiger partial charge in [0.1, 0.15) is 6.04 Å². The molecule has 2 aromatic carbocycles. The van der Waals surface area contributed by atoms with Gasteiger partial charge in [-0.3, -0.25) is 14.5 Å². The Morgan fingerprint density at radius 2 is 1.63 bits per heavy atom. The van der Waals surface area contributed by atoms with Gasteiger partial charge in [0.2, 0.25) is 5.91 Å². The third-order valence-electron chi connectivity index (χ3n) is 6.78. The molecule has 2 aliphatic rings. The standard InChI is InChI=1S/C28H31N3O4/c32-27(29-22-7-4-5-8-22)26(21-12-14-23(15-13-21)30-16-19-34-20-17-30)31(24-9-2-1-3-10-24)28(33)25-11-6-18-35-25/h1-3,6,9-15,18,22,26H,4-5,7-8,16-17,19-20H2,(H,29,32). The van der Waals surface area contributed by atoms with Gasteiger partial charge in [-0.25, -0.2) is 0 Å². The molecule has 1 aliphatic carbocycles. The van der Waals surface area contributed by atoms with Gasteiger partial charge in [-0.1, -0.05) is 43.2 Å². The number of furan rings is 1. The first-order chi connectivity index (χ1) is 17.2. The van der Waals surface area contributed by atoms with Crippen LogP contribution in [0.3, 0.4) is 0 Å². The van der Waals surface area contributed by atoms with Gasteiger partial charge in [0.05, 0.1) is 19.5 Å². The molecule has 0 radical (unpaired) electrons. The molecule has 2 fully saturated rings. The van der Waals surface area contributed by atoms with Crippen LogP contribution >= 0.6 is 0 Å². The Morgan fingerprint density at radius 1 is 0.914 bits per heavy atom. The van der Waals surface area contributed by atoms with Crippen LogP contribution in [0, 0.1) is 0 Å². The lowest BCUT2D eigenvalue weighted by Gasteiger charge is -2.32. The van der Waals surface area contributed by atoms with E-state index in [2.05, 4.69) is 10.2 Å². The SMILES string of the molecule is O=C(NC1CCCC1)C(c1ccc(N2CCOCC2)cc1)N(C(=O)c1ccco1)c1ccccc1. The number of anilines is 2. The van der Waals surface area contributed by atoms with E-state index in [1.807, 2.05) is 54.6 Å². The summed E-state index contributed by atoms with van der Waals surface area (Å²) in [6, 6.07) is 19.9. The number of morpholine rings is 1. The second kappa shape index (κ2) is 10.8. The molecule has 1 atom stereocenters. The van der Waals surface area contributed by atoms with E-state index < -0.39 is 6.04 Å². The van der Waals surface area contributed by atoms with Crippen molar-refractivity contribution in [3.63, 3.8) is 0 Å². The van der Waals surface area contributed by atoms with Gasteiger partial charge in [-0.2, -0.15) is 0 Å². The Kier molecular flexibility index (Phi) is 7.14. The van der Waals surface area contributed by atoms with Gasteiger partial charge in [0.15, 0.2) is 5.76 Å². The first-order valence-electron chi connectivity index (χ1n) is 12.4. The van der Waals surface area contributed by atoms with Crippen molar-refractivity contribution < 1.29 is 18.7 Å². The Bertz CT molecular complexity index is 1100. The van der Waals surface area contributed by atoms with Gasteiger partial charge in [-0.05, 0) is 54.8 Å². The predicted molar refractivity (Wildman–Crippen MR) is 135 cm³/mol. The Morgan fingerprint density at radius 3 is 2.29 bits per heavy atom. The topological polar surface area (TPSA) is 75.0 Å². The van der Waals surface area contributed by atoms with Crippen LogP contribution in [0.5, 0.6) is 0 Å². The van der Waals surface area contributed by atoms with Crippen molar-refractivity contribution in [1.82, 2.24) is 5.32 Å². The van der Waals surface area contributed by atoms with E-state index in [0.717, 1.165) is 50.0 Å². The van der Waals surface area contributed by atoms with Crippen LogP contribution in [0.25, 0.3) is 0 Å². The van der Waals surface area contributed by atoms with Crippen LogP contribution in [0.4, 0.5) is 11.4 Å². The fraction of sp³-hybridized carbons (Fsp3) is 0.357. The average molecular weight is 474 g/mol. The largest absolute Gasteiger partial charge is 0.459 e. The van der Waals surface area contributed by atoms with E-state index >= 15 is 0 Å². The summed E-state index contributed by atoms with van der Waals surface area (Å²) in [6.07, 6.45) is 5.62. The summed E-state index contributed by atoms with van der Waals surface area (Å²) < 4.78 is 10.9. The summed E-state index contributed by atoms with van der Waals surface area (Å²) in [5.41, 5.74) is 2.47. The van der Waals surface area contributed by atoms with E-state index in [1.54, 1.807) is 17.0 Å². The Hall–Kier alpha value is -3.58. The highest BCUT2D eigenvalue weighted by molar-refractivity contribution is 6.08. The molecule has 7 heteroatoms. The fourth-order valence-electron chi connectivity index (χ4n) is 4.95. The third-order valence-corrected chi connectivity index (χ3v) is 6.78. The zero-order valence-electron chi connectivity index (χ0n) is 19.8. The second-order valence-electron chi connectivity index (χ2n) is 9.07. The van der Waals surface area contributed by atoms with Crippen LogP contribution in [0.15, 0.2) is 77.4 Å². The van der Waals surface area contributed by atoms with Gasteiger partial charge in [0, 0.05) is 30.5 Å². The minimum Gasteiger partial charge on any atom is -0.459 e. The van der Waals surface area contributed by atoms with E-state index in [1.165, 1.54) is 6.26 Å². The lowest BCUT2D eigenvalue weighted by Crippen LogP contribution is -2.46. The van der Waals surface area contributed by atoms with Crippen molar-refractivity contribution in [2.45, 2.75) is 37.8 Å². The highest BCUT2D eigenvalue weighted by Crippen LogP contribution is 2.32. The lowest BCUT2D eigenvalue weighted by molar-refractivity contribution is -0.123. The maximum absolute atomic E-state index is 13.8. The summed E-state index contributed by atoms with van der Waals surface area (Å²) in [4.78, 5) is 31.3. The van der Waals surface area contributed by atoms with Crippen molar-refractivity contribution in [3.8, 4) is 0 Å². The van der Waals surface area contributed by atoms with Crippen LogP contribution in [-0.4, -0.2) is 44.2 Å². The molecule has 0 spiro atoms. The summed E-state index contributed by atoms with van der Waals surface area (Å²) >= 11 is 0. The minimum atomic E-state index is -0.839. The number of hydrogen-bond donors (Lipinski definition) is 1. The lowest BCUT2D eigenvalue weighted by atomic mass is 10.0. The maximum atomic E-state index is 13.8. The summed E-state index contributed by atoms with van der Waals surface area (Å²) in [5.74, 6) is -0.345. The second-order valence-corrected chi connectivity index (χ2v) is 9.07. The molecule has 1 aromatic heterocycles. The number of carbonyl (C=O) groups excluding carboxylic acids is 2. The first-order valence-corrected chi connectivity index (χ1v) is 12.4. The molecule has 1 unspecified atom stereocenters. The molecule has 5 rings (SSSR count). The normalized spacial score (nSPS) is 17.2. The molecule has 35 heavy (non-hydrogen) atoms. The number of benzene rings is 2. The molecule has 1 saturated heterocycles. The summed E-state index contributed by atoms with van der Waals surface area (Å²) in [5, 5.41) is 3.22. The number of nitrogens with one attached hydrogen (secondary N) is 1. The molecular weight excluding hydrogens is 442 g/mol. The van der Waals surface area contributed by atoms with Gasteiger partial charge in [-0.15, -0.1) is 0 Å². The van der Waals surface area contributed by atoms with Crippen molar-refractivity contribution >= 4 is 23.2 Å². The van der Waals surface area contributed by atoms with Gasteiger partial charge in [0.25, 0.3) is 5.91 Å². The van der Waals surface area contributed by atoms with E-state index in [-0.39, 0.29) is 23.6 Å².